The molecule has 0 spiro atoms. The molecule has 2 nitrogen and oxygen atoms in total. The SMILES string of the molecule is CC1(Cn2c(CCCl)nc3c(Cl)cccc32)CCCCC1. The topological polar surface area (TPSA) is 17.8 Å². The summed E-state index contributed by atoms with van der Waals surface area (Å²) >= 11 is 12.3. The van der Waals surface area contributed by atoms with Crippen molar-refractivity contribution in [3.63, 3.8) is 0 Å². The van der Waals surface area contributed by atoms with Gasteiger partial charge in [0.15, 0.2) is 0 Å². The molecule has 1 aliphatic rings. The Kier molecular flexibility index (Phi) is 4.46. The lowest BCUT2D eigenvalue weighted by atomic mass is 9.75. The summed E-state index contributed by atoms with van der Waals surface area (Å²) in [6.07, 6.45) is 7.45. The Morgan fingerprint density at radius 1 is 1.24 bits per heavy atom. The number of hydrogen-bond donors (Lipinski definition) is 0. The average molecular weight is 325 g/mol. The normalized spacial score (nSPS) is 18.2. The zero-order valence-electron chi connectivity index (χ0n) is 12.5. The van der Waals surface area contributed by atoms with E-state index in [1.807, 2.05) is 12.1 Å². The van der Waals surface area contributed by atoms with Crippen LogP contribution in [0.4, 0.5) is 0 Å². The van der Waals surface area contributed by atoms with Crippen LogP contribution >= 0.6 is 23.2 Å². The number of para-hydroxylation sites is 1. The third-order valence-electron chi connectivity index (χ3n) is 4.73. The van der Waals surface area contributed by atoms with E-state index in [0.29, 0.717) is 11.3 Å². The first-order chi connectivity index (χ1) is 10.1. The Morgan fingerprint density at radius 2 is 2.00 bits per heavy atom. The molecule has 21 heavy (non-hydrogen) atoms. The largest absolute Gasteiger partial charge is 0.327 e. The second-order valence-corrected chi connectivity index (χ2v) is 7.32. The number of rotatable bonds is 4. The van der Waals surface area contributed by atoms with E-state index in [4.69, 9.17) is 28.2 Å². The molecule has 0 saturated heterocycles. The van der Waals surface area contributed by atoms with E-state index in [9.17, 15) is 0 Å². The molecule has 0 aliphatic heterocycles. The first-order valence-corrected chi connectivity index (χ1v) is 8.74. The van der Waals surface area contributed by atoms with Gasteiger partial charge in [-0.05, 0) is 30.4 Å². The molecule has 2 aromatic rings. The van der Waals surface area contributed by atoms with E-state index in [1.54, 1.807) is 0 Å². The van der Waals surface area contributed by atoms with Crippen molar-refractivity contribution in [1.29, 1.82) is 0 Å². The van der Waals surface area contributed by atoms with Gasteiger partial charge in [0.2, 0.25) is 0 Å². The zero-order chi connectivity index (χ0) is 14.9. The highest BCUT2D eigenvalue weighted by atomic mass is 35.5. The molecule has 1 fully saturated rings. The van der Waals surface area contributed by atoms with Crippen molar-refractivity contribution < 1.29 is 0 Å². The molecule has 4 heteroatoms. The summed E-state index contributed by atoms with van der Waals surface area (Å²) in [5.41, 5.74) is 2.43. The van der Waals surface area contributed by atoms with Crippen LogP contribution in [0.5, 0.6) is 0 Å². The molecule has 1 aromatic heterocycles. The number of aromatic nitrogens is 2. The summed E-state index contributed by atoms with van der Waals surface area (Å²) in [6, 6.07) is 6.04. The fourth-order valence-electron chi connectivity index (χ4n) is 3.56. The molecule has 0 amide bonds. The first kappa shape index (κ1) is 15.2. The molecular formula is C17H22Cl2N2. The van der Waals surface area contributed by atoms with Gasteiger partial charge in [0.1, 0.15) is 11.3 Å². The predicted octanol–water partition coefficient (Wildman–Crippen LogP) is 5.44. The quantitative estimate of drug-likeness (QED) is 0.684. The molecule has 3 rings (SSSR count). The van der Waals surface area contributed by atoms with E-state index in [2.05, 4.69) is 17.6 Å². The monoisotopic (exact) mass is 324 g/mol. The van der Waals surface area contributed by atoms with Crippen LogP contribution in [-0.2, 0) is 13.0 Å². The summed E-state index contributed by atoms with van der Waals surface area (Å²) < 4.78 is 2.36. The van der Waals surface area contributed by atoms with Crippen LogP contribution in [-0.4, -0.2) is 15.4 Å². The Bertz CT molecular complexity index is 627. The van der Waals surface area contributed by atoms with Crippen molar-refractivity contribution in [2.45, 2.75) is 52.0 Å². The maximum atomic E-state index is 6.31. The highest BCUT2D eigenvalue weighted by molar-refractivity contribution is 6.34. The Labute approximate surface area is 136 Å². The lowest BCUT2D eigenvalue weighted by molar-refractivity contribution is 0.183. The molecule has 114 valence electrons. The van der Waals surface area contributed by atoms with E-state index < -0.39 is 0 Å². The average Bonchev–Trinajstić information content (AvgIpc) is 2.80. The minimum absolute atomic E-state index is 0.370. The number of alkyl halides is 1. The van der Waals surface area contributed by atoms with Crippen molar-refractivity contribution in [1.82, 2.24) is 9.55 Å². The summed E-state index contributed by atoms with van der Waals surface area (Å²) in [4.78, 5) is 4.75. The fourth-order valence-corrected chi connectivity index (χ4v) is 3.94. The number of hydrogen-bond acceptors (Lipinski definition) is 1. The van der Waals surface area contributed by atoms with Gasteiger partial charge in [0.25, 0.3) is 0 Å². The van der Waals surface area contributed by atoms with Gasteiger partial charge in [-0.3, -0.25) is 0 Å². The summed E-state index contributed by atoms with van der Waals surface area (Å²) in [5.74, 6) is 1.66. The van der Waals surface area contributed by atoms with Crippen LogP contribution < -0.4 is 0 Å². The van der Waals surface area contributed by atoms with Gasteiger partial charge in [-0.25, -0.2) is 4.98 Å². The highest BCUT2D eigenvalue weighted by Crippen LogP contribution is 2.38. The lowest BCUT2D eigenvalue weighted by Crippen LogP contribution is -2.27. The Balaban J connectivity index is 2.02. The predicted molar refractivity (Wildman–Crippen MR) is 90.4 cm³/mol. The van der Waals surface area contributed by atoms with Crippen molar-refractivity contribution in [2.75, 3.05) is 5.88 Å². The summed E-state index contributed by atoms with van der Waals surface area (Å²) in [5, 5.41) is 0.732. The third-order valence-corrected chi connectivity index (χ3v) is 5.22. The van der Waals surface area contributed by atoms with Gasteiger partial charge in [0.05, 0.1) is 10.5 Å². The van der Waals surface area contributed by atoms with Crippen LogP contribution in [0, 0.1) is 5.41 Å². The minimum atomic E-state index is 0.370. The molecular weight excluding hydrogens is 303 g/mol. The second-order valence-electron chi connectivity index (χ2n) is 6.53. The van der Waals surface area contributed by atoms with Gasteiger partial charge in [0, 0.05) is 18.8 Å². The number of fused-ring (bicyclic) bond motifs is 1. The number of nitrogens with zero attached hydrogens (tertiary/aromatic N) is 2. The molecule has 1 heterocycles. The summed E-state index contributed by atoms with van der Waals surface area (Å²) in [6.45, 7) is 3.43. The van der Waals surface area contributed by atoms with Crippen molar-refractivity contribution in [2.24, 2.45) is 5.41 Å². The van der Waals surface area contributed by atoms with E-state index >= 15 is 0 Å². The second kappa shape index (κ2) is 6.18. The van der Waals surface area contributed by atoms with Crippen molar-refractivity contribution in [3.05, 3.63) is 29.0 Å². The summed E-state index contributed by atoms with van der Waals surface area (Å²) in [7, 11) is 0. The maximum Gasteiger partial charge on any atom is 0.111 e. The first-order valence-electron chi connectivity index (χ1n) is 7.83. The number of benzene rings is 1. The van der Waals surface area contributed by atoms with Crippen molar-refractivity contribution >= 4 is 34.2 Å². The minimum Gasteiger partial charge on any atom is -0.327 e. The molecule has 0 N–H and O–H groups in total. The number of aryl methyl sites for hydroxylation is 1. The molecule has 1 aromatic carbocycles. The molecule has 0 atom stereocenters. The molecule has 0 bridgehead atoms. The van der Waals surface area contributed by atoms with Crippen LogP contribution in [0.1, 0.15) is 44.9 Å². The maximum absolute atomic E-state index is 6.31. The van der Waals surface area contributed by atoms with Crippen LogP contribution in [0.3, 0.4) is 0 Å². The van der Waals surface area contributed by atoms with Gasteiger partial charge < -0.3 is 4.57 Å². The van der Waals surface area contributed by atoms with Gasteiger partial charge in [-0.1, -0.05) is 43.9 Å². The van der Waals surface area contributed by atoms with Gasteiger partial charge in [-0.2, -0.15) is 0 Å². The lowest BCUT2D eigenvalue weighted by Gasteiger charge is -2.34. The van der Waals surface area contributed by atoms with Crippen LogP contribution in [0.25, 0.3) is 11.0 Å². The number of halogens is 2. The Morgan fingerprint density at radius 3 is 2.71 bits per heavy atom. The van der Waals surface area contributed by atoms with E-state index in [-0.39, 0.29) is 0 Å². The molecule has 1 aliphatic carbocycles. The fraction of sp³-hybridized carbons (Fsp3) is 0.588. The van der Waals surface area contributed by atoms with Gasteiger partial charge >= 0.3 is 0 Å². The zero-order valence-corrected chi connectivity index (χ0v) is 14.1. The van der Waals surface area contributed by atoms with E-state index in [0.717, 1.165) is 34.8 Å². The third kappa shape index (κ3) is 3.07. The smallest absolute Gasteiger partial charge is 0.111 e. The highest BCUT2D eigenvalue weighted by Gasteiger charge is 2.29. The van der Waals surface area contributed by atoms with Crippen molar-refractivity contribution in [3.8, 4) is 0 Å². The standard InChI is InChI=1S/C17H22Cl2N2/c1-17(9-3-2-4-10-17)12-21-14-7-5-6-13(19)16(14)20-15(21)8-11-18/h5-7H,2-4,8-12H2,1H3. The van der Waals surface area contributed by atoms with Gasteiger partial charge in [-0.15, -0.1) is 11.6 Å². The molecule has 0 radical (unpaired) electrons. The molecule has 1 saturated carbocycles. The van der Waals surface area contributed by atoms with E-state index in [1.165, 1.54) is 32.1 Å². The van der Waals surface area contributed by atoms with Crippen LogP contribution in [0.2, 0.25) is 5.02 Å². The Hall–Kier alpha value is -0.730. The van der Waals surface area contributed by atoms with Crippen LogP contribution in [0.15, 0.2) is 18.2 Å². The molecule has 0 unspecified atom stereocenters. The number of imidazole rings is 1.